The minimum absolute atomic E-state index is 0.00775. The molecule has 0 saturated heterocycles. The van der Waals surface area contributed by atoms with Crippen LogP contribution in [0.1, 0.15) is 32.1 Å². The van der Waals surface area contributed by atoms with Gasteiger partial charge in [-0.2, -0.15) is 0 Å². The summed E-state index contributed by atoms with van der Waals surface area (Å²) in [5.74, 6) is -2.44. The predicted molar refractivity (Wildman–Crippen MR) is 36.0 cm³/mol. The van der Waals surface area contributed by atoms with E-state index >= 15 is 0 Å². The van der Waals surface area contributed by atoms with Crippen molar-refractivity contribution < 1.29 is 8.78 Å². The molecule has 1 rings (SSSR count). The van der Waals surface area contributed by atoms with E-state index in [1.165, 1.54) is 0 Å². The molecule has 1 atom stereocenters. The molecule has 0 aromatic rings. The first kappa shape index (κ1) is 7.92. The van der Waals surface area contributed by atoms with Crippen LogP contribution in [-0.4, -0.2) is 12.0 Å². The van der Waals surface area contributed by atoms with Crippen LogP contribution in [0.2, 0.25) is 0 Å². The Kier molecular flexibility index (Phi) is 2.24. The van der Waals surface area contributed by atoms with Crippen LogP contribution >= 0.6 is 0 Å². The smallest absolute Gasteiger partial charge is 0.248 e. The third kappa shape index (κ3) is 2.21. The monoisotopic (exact) mass is 149 g/mol. The van der Waals surface area contributed by atoms with E-state index in [0.29, 0.717) is 12.8 Å². The van der Waals surface area contributed by atoms with Crippen molar-refractivity contribution in [2.45, 2.75) is 44.1 Å². The summed E-state index contributed by atoms with van der Waals surface area (Å²) in [5, 5.41) is 0. The molecule has 0 aromatic carbocycles. The van der Waals surface area contributed by atoms with Crippen LogP contribution in [0.5, 0.6) is 0 Å². The van der Waals surface area contributed by atoms with Gasteiger partial charge in [0, 0.05) is 18.9 Å². The van der Waals surface area contributed by atoms with Gasteiger partial charge in [0.05, 0.1) is 0 Å². The van der Waals surface area contributed by atoms with Gasteiger partial charge in [0.2, 0.25) is 5.92 Å². The molecular formula is C7H13F2N. The Bertz CT molecular complexity index is 114. The third-order valence-electron chi connectivity index (χ3n) is 2.00. The Hall–Kier alpha value is -0.180. The van der Waals surface area contributed by atoms with Crippen molar-refractivity contribution in [2.75, 3.05) is 0 Å². The van der Waals surface area contributed by atoms with Gasteiger partial charge < -0.3 is 5.73 Å². The van der Waals surface area contributed by atoms with Gasteiger partial charge in [0.1, 0.15) is 0 Å². The number of rotatable bonds is 0. The standard InChI is InChI=1S/C7H13F2N/c8-7(9)4-1-2-6(10)3-5-7/h6H,1-5,10H2. The van der Waals surface area contributed by atoms with Crippen LogP contribution in [0, 0.1) is 0 Å². The number of nitrogens with two attached hydrogens (primary N) is 1. The lowest BCUT2D eigenvalue weighted by Gasteiger charge is -2.11. The minimum Gasteiger partial charge on any atom is -0.328 e. The molecule has 1 aliphatic rings. The summed E-state index contributed by atoms with van der Waals surface area (Å²) in [4.78, 5) is 0. The average molecular weight is 149 g/mol. The summed E-state index contributed by atoms with van der Waals surface area (Å²) >= 11 is 0. The van der Waals surface area contributed by atoms with E-state index in [9.17, 15) is 8.78 Å². The van der Waals surface area contributed by atoms with Crippen molar-refractivity contribution in [1.29, 1.82) is 0 Å². The zero-order valence-corrected chi connectivity index (χ0v) is 5.95. The first-order chi connectivity index (χ1) is 4.60. The van der Waals surface area contributed by atoms with Crippen molar-refractivity contribution in [1.82, 2.24) is 0 Å². The number of halogens is 2. The maximum atomic E-state index is 12.6. The molecule has 0 heterocycles. The van der Waals surface area contributed by atoms with Gasteiger partial charge in [-0.3, -0.25) is 0 Å². The van der Waals surface area contributed by atoms with Crippen molar-refractivity contribution in [3.05, 3.63) is 0 Å². The van der Waals surface area contributed by atoms with Crippen LogP contribution in [-0.2, 0) is 0 Å². The largest absolute Gasteiger partial charge is 0.328 e. The SMILES string of the molecule is NC1CCCC(F)(F)CC1. The second-order valence-electron chi connectivity index (χ2n) is 3.05. The molecule has 1 saturated carbocycles. The quantitative estimate of drug-likeness (QED) is 0.523. The molecule has 1 unspecified atom stereocenters. The average Bonchev–Trinajstić information content (AvgIpc) is 1.94. The highest BCUT2D eigenvalue weighted by Gasteiger charge is 2.31. The molecule has 0 aliphatic heterocycles. The lowest BCUT2D eigenvalue weighted by molar-refractivity contribution is -0.0141. The number of alkyl halides is 2. The fraction of sp³-hybridized carbons (Fsp3) is 1.00. The second-order valence-corrected chi connectivity index (χ2v) is 3.05. The summed E-state index contributed by atoms with van der Waals surface area (Å²) in [6.45, 7) is 0. The van der Waals surface area contributed by atoms with Crippen molar-refractivity contribution in [3.63, 3.8) is 0 Å². The van der Waals surface area contributed by atoms with Gasteiger partial charge in [0.25, 0.3) is 0 Å². The molecule has 0 bridgehead atoms. The van der Waals surface area contributed by atoms with Gasteiger partial charge in [-0.25, -0.2) is 8.78 Å². The second kappa shape index (κ2) is 2.82. The first-order valence-corrected chi connectivity index (χ1v) is 3.73. The van der Waals surface area contributed by atoms with Crippen LogP contribution < -0.4 is 5.73 Å². The van der Waals surface area contributed by atoms with E-state index in [1.54, 1.807) is 0 Å². The predicted octanol–water partition coefficient (Wildman–Crippen LogP) is 1.91. The summed E-state index contributed by atoms with van der Waals surface area (Å²) in [5.41, 5.74) is 5.52. The molecule has 0 spiro atoms. The number of hydrogen-bond donors (Lipinski definition) is 1. The maximum absolute atomic E-state index is 12.6. The molecule has 1 fully saturated rings. The fourth-order valence-electron chi connectivity index (χ4n) is 1.29. The fourth-order valence-corrected chi connectivity index (χ4v) is 1.29. The van der Waals surface area contributed by atoms with Crippen LogP contribution in [0.3, 0.4) is 0 Å². The topological polar surface area (TPSA) is 26.0 Å². The molecule has 60 valence electrons. The number of hydrogen-bond acceptors (Lipinski definition) is 1. The molecule has 0 aromatic heterocycles. The van der Waals surface area contributed by atoms with E-state index in [-0.39, 0.29) is 18.9 Å². The van der Waals surface area contributed by atoms with Gasteiger partial charge >= 0.3 is 0 Å². The van der Waals surface area contributed by atoms with E-state index in [4.69, 9.17) is 5.73 Å². The molecule has 1 nitrogen and oxygen atoms in total. The Morgan fingerprint density at radius 2 is 1.90 bits per heavy atom. The van der Waals surface area contributed by atoms with E-state index in [2.05, 4.69) is 0 Å². The van der Waals surface area contributed by atoms with Crippen LogP contribution in [0.4, 0.5) is 8.78 Å². The molecule has 0 radical (unpaired) electrons. The van der Waals surface area contributed by atoms with Gasteiger partial charge in [-0.05, 0) is 19.3 Å². The maximum Gasteiger partial charge on any atom is 0.248 e. The Balaban J connectivity index is 2.41. The molecule has 2 N–H and O–H groups in total. The highest BCUT2D eigenvalue weighted by Crippen LogP contribution is 2.30. The van der Waals surface area contributed by atoms with E-state index < -0.39 is 5.92 Å². The first-order valence-electron chi connectivity index (χ1n) is 3.73. The lowest BCUT2D eigenvalue weighted by atomic mass is 10.1. The van der Waals surface area contributed by atoms with Crippen molar-refractivity contribution in [2.24, 2.45) is 5.73 Å². The highest BCUT2D eigenvalue weighted by atomic mass is 19.3. The zero-order chi connectivity index (χ0) is 7.61. The van der Waals surface area contributed by atoms with Gasteiger partial charge in [-0.1, -0.05) is 0 Å². The normalized spacial score (nSPS) is 33.3. The van der Waals surface area contributed by atoms with Gasteiger partial charge in [-0.15, -0.1) is 0 Å². The molecule has 10 heavy (non-hydrogen) atoms. The van der Waals surface area contributed by atoms with Crippen molar-refractivity contribution >= 4 is 0 Å². The minimum atomic E-state index is -2.44. The van der Waals surface area contributed by atoms with Crippen LogP contribution in [0.25, 0.3) is 0 Å². The molecule has 1 aliphatic carbocycles. The third-order valence-corrected chi connectivity index (χ3v) is 2.00. The lowest BCUT2D eigenvalue weighted by Crippen LogP contribution is -2.19. The Morgan fingerprint density at radius 3 is 2.60 bits per heavy atom. The summed E-state index contributed by atoms with van der Waals surface area (Å²) in [6, 6.07) is 0.00775. The summed E-state index contributed by atoms with van der Waals surface area (Å²) in [7, 11) is 0. The van der Waals surface area contributed by atoms with Gasteiger partial charge in [0.15, 0.2) is 0 Å². The molecule has 0 amide bonds. The molecular weight excluding hydrogens is 136 g/mol. The zero-order valence-electron chi connectivity index (χ0n) is 5.95. The Labute approximate surface area is 59.6 Å². The Morgan fingerprint density at radius 1 is 1.20 bits per heavy atom. The van der Waals surface area contributed by atoms with Crippen LogP contribution in [0.15, 0.2) is 0 Å². The molecule has 3 heteroatoms. The summed E-state index contributed by atoms with van der Waals surface area (Å²) < 4.78 is 25.2. The van der Waals surface area contributed by atoms with Crippen molar-refractivity contribution in [3.8, 4) is 0 Å². The van der Waals surface area contributed by atoms with E-state index in [0.717, 1.165) is 6.42 Å². The summed E-state index contributed by atoms with van der Waals surface area (Å²) in [6.07, 6.45) is 1.83. The highest BCUT2D eigenvalue weighted by molar-refractivity contribution is 4.76. The van der Waals surface area contributed by atoms with E-state index in [1.807, 2.05) is 0 Å².